The molecule has 1 N–H and O–H groups in total. The van der Waals surface area contributed by atoms with Crippen LogP contribution < -0.4 is 14.2 Å². The van der Waals surface area contributed by atoms with E-state index >= 15 is 0 Å². The zero-order chi connectivity index (χ0) is 24.1. The summed E-state index contributed by atoms with van der Waals surface area (Å²) in [5.41, 5.74) is 3.80. The van der Waals surface area contributed by atoms with Crippen LogP contribution in [0.15, 0.2) is 71.6 Å². The van der Waals surface area contributed by atoms with Crippen LogP contribution in [0.2, 0.25) is 0 Å². The highest BCUT2D eigenvalue weighted by Gasteiger charge is 2.17. The maximum absolute atomic E-state index is 12.8. The minimum absolute atomic E-state index is 0.101. The number of imidazole rings is 1. The molecule has 0 saturated carbocycles. The Morgan fingerprint density at radius 1 is 0.912 bits per heavy atom. The molecule has 1 aromatic heterocycles. The molecule has 4 aromatic rings. The van der Waals surface area contributed by atoms with Crippen molar-refractivity contribution < 1.29 is 17.9 Å². The van der Waals surface area contributed by atoms with E-state index in [0.29, 0.717) is 17.2 Å². The molecule has 0 unspecified atom stereocenters. The second-order valence-electron chi connectivity index (χ2n) is 7.99. The molecule has 34 heavy (non-hydrogen) atoms. The number of fused-ring (bicyclic) bond motifs is 1. The van der Waals surface area contributed by atoms with E-state index in [0.717, 1.165) is 42.7 Å². The van der Waals surface area contributed by atoms with E-state index in [2.05, 4.69) is 22.3 Å². The number of benzene rings is 3. The van der Waals surface area contributed by atoms with E-state index in [1.807, 2.05) is 30.3 Å². The number of aryl methyl sites for hydroxylation is 3. The summed E-state index contributed by atoms with van der Waals surface area (Å²) in [6.07, 6.45) is 2.67. The van der Waals surface area contributed by atoms with Crippen LogP contribution in [0.4, 0.5) is 5.69 Å². The monoisotopic (exact) mass is 479 g/mol. The van der Waals surface area contributed by atoms with Crippen LogP contribution in [-0.2, 0) is 29.4 Å². The lowest BCUT2D eigenvalue weighted by Crippen LogP contribution is -2.13. The third-order valence-corrected chi connectivity index (χ3v) is 7.07. The summed E-state index contributed by atoms with van der Waals surface area (Å²) in [7, 11) is -0.789. The van der Waals surface area contributed by atoms with E-state index in [-0.39, 0.29) is 4.90 Å². The summed E-state index contributed by atoms with van der Waals surface area (Å²) >= 11 is 0. The summed E-state index contributed by atoms with van der Waals surface area (Å²) in [6.45, 7) is 3.10. The fourth-order valence-electron chi connectivity index (χ4n) is 3.98. The maximum atomic E-state index is 12.8. The minimum atomic E-state index is -3.76. The number of hydrogen-bond donors (Lipinski definition) is 1. The molecule has 1 heterocycles. The van der Waals surface area contributed by atoms with Gasteiger partial charge in [-0.2, -0.15) is 0 Å². The third kappa shape index (κ3) is 5.02. The van der Waals surface area contributed by atoms with Crippen molar-refractivity contribution >= 4 is 26.7 Å². The first kappa shape index (κ1) is 23.6. The van der Waals surface area contributed by atoms with Crippen molar-refractivity contribution in [3.63, 3.8) is 0 Å². The van der Waals surface area contributed by atoms with E-state index in [9.17, 15) is 8.42 Å². The van der Waals surface area contributed by atoms with Crippen molar-refractivity contribution in [2.45, 2.75) is 37.6 Å². The van der Waals surface area contributed by atoms with Crippen LogP contribution in [0.1, 0.15) is 24.7 Å². The lowest BCUT2D eigenvalue weighted by Gasteiger charge is -2.12. The Labute approximate surface area is 200 Å². The molecule has 0 aliphatic carbocycles. The number of para-hydroxylation sites is 2. The number of nitrogens with one attached hydrogen (secondary N) is 1. The Balaban J connectivity index is 1.46. The molecule has 7 nitrogen and oxygen atoms in total. The Kier molecular flexibility index (Phi) is 7.07. The zero-order valence-electron chi connectivity index (χ0n) is 19.6. The van der Waals surface area contributed by atoms with Crippen molar-refractivity contribution in [2.24, 2.45) is 0 Å². The largest absolute Gasteiger partial charge is 0.493 e. The molecule has 4 rings (SSSR count). The van der Waals surface area contributed by atoms with Gasteiger partial charge in [-0.15, -0.1) is 0 Å². The van der Waals surface area contributed by atoms with Crippen LogP contribution in [0, 0.1) is 0 Å². The van der Waals surface area contributed by atoms with Crippen LogP contribution in [0.3, 0.4) is 0 Å². The van der Waals surface area contributed by atoms with Crippen molar-refractivity contribution in [2.75, 3.05) is 18.9 Å². The smallest absolute Gasteiger partial charge is 0.262 e. The van der Waals surface area contributed by atoms with Crippen molar-refractivity contribution in [1.29, 1.82) is 0 Å². The van der Waals surface area contributed by atoms with Gasteiger partial charge in [0.1, 0.15) is 5.82 Å². The number of hydrogen-bond acceptors (Lipinski definition) is 5. The van der Waals surface area contributed by atoms with E-state index < -0.39 is 10.0 Å². The first-order valence-electron chi connectivity index (χ1n) is 11.2. The lowest BCUT2D eigenvalue weighted by molar-refractivity contribution is 0.354. The SMILES string of the molecule is CCCn1c(CCc2ccc(NS(=O)(=O)c3ccc(OC)c(OC)c3)cc2)nc2ccccc21. The number of anilines is 1. The highest BCUT2D eigenvalue weighted by molar-refractivity contribution is 7.92. The Bertz CT molecular complexity index is 1380. The molecule has 0 saturated heterocycles. The molecule has 0 radical (unpaired) electrons. The van der Waals surface area contributed by atoms with Gasteiger partial charge in [-0.05, 0) is 54.8 Å². The van der Waals surface area contributed by atoms with E-state index in [1.54, 1.807) is 18.2 Å². The average Bonchev–Trinajstić information content (AvgIpc) is 3.20. The molecule has 0 fully saturated rings. The summed E-state index contributed by atoms with van der Waals surface area (Å²) < 4.78 is 41.0. The molecule has 0 spiro atoms. The lowest BCUT2D eigenvalue weighted by atomic mass is 10.1. The van der Waals surface area contributed by atoms with E-state index in [4.69, 9.17) is 14.5 Å². The van der Waals surface area contributed by atoms with Crippen LogP contribution in [0.5, 0.6) is 11.5 Å². The average molecular weight is 480 g/mol. The van der Waals surface area contributed by atoms with Gasteiger partial charge in [-0.1, -0.05) is 31.2 Å². The maximum Gasteiger partial charge on any atom is 0.262 e. The van der Waals surface area contributed by atoms with Gasteiger partial charge in [0.15, 0.2) is 11.5 Å². The van der Waals surface area contributed by atoms with Crippen LogP contribution in [-0.4, -0.2) is 32.2 Å². The number of sulfonamides is 1. The van der Waals surface area contributed by atoms with Crippen LogP contribution >= 0.6 is 0 Å². The molecule has 0 aliphatic heterocycles. The molecule has 178 valence electrons. The second-order valence-corrected chi connectivity index (χ2v) is 9.67. The van der Waals surface area contributed by atoms with Crippen molar-refractivity contribution in [1.82, 2.24) is 9.55 Å². The fourth-order valence-corrected chi connectivity index (χ4v) is 5.06. The minimum Gasteiger partial charge on any atom is -0.493 e. The van der Waals surface area contributed by atoms with Gasteiger partial charge in [-0.3, -0.25) is 4.72 Å². The number of nitrogens with zero attached hydrogens (tertiary/aromatic N) is 2. The molecule has 8 heteroatoms. The first-order valence-corrected chi connectivity index (χ1v) is 12.7. The molecule has 0 bridgehead atoms. The first-order chi connectivity index (χ1) is 16.4. The zero-order valence-corrected chi connectivity index (χ0v) is 20.4. The van der Waals surface area contributed by atoms with Crippen molar-refractivity contribution in [3.05, 3.63) is 78.1 Å². The predicted octanol–water partition coefficient (Wildman–Crippen LogP) is 5.05. The molecular weight excluding hydrogens is 450 g/mol. The summed E-state index contributed by atoms with van der Waals surface area (Å²) in [6, 6.07) is 20.2. The molecule has 0 atom stereocenters. The van der Waals surface area contributed by atoms with E-state index in [1.165, 1.54) is 31.9 Å². The standard InChI is InChI=1S/C26H29N3O4S/c1-4-17-29-23-8-6-5-7-22(23)27-26(29)16-11-19-9-12-20(13-10-19)28-34(30,31)21-14-15-24(32-2)25(18-21)33-3/h5-10,12-15,18,28H,4,11,16-17H2,1-3H3. The number of aromatic nitrogens is 2. The quantitative estimate of drug-likeness (QED) is 0.344. The van der Waals surface area contributed by atoms with Gasteiger partial charge in [0.05, 0.1) is 30.1 Å². The Morgan fingerprint density at radius 3 is 2.35 bits per heavy atom. The normalized spacial score (nSPS) is 11.5. The fraction of sp³-hybridized carbons (Fsp3) is 0.269. The molecule has 0 aliphatic rings. The van der Waals surface area contributed by atoms with Gasteiger partial charge in [0.25, 0.3) is 10.0 Å². The second kappa shape index (κ2) is 10.2. The highest BCUT2D eigenvalue weighted by atomic mass is 32.2. The Hall–Kier alpha value is -3.52. The van der Waals surface area contributed by atoms with Gasteiger partial charge in [-0.25, -0.2) is 13.4 Å². The summed E-state index contributed by atoms with van der Waals surface area (Å²) in [4.78, 5) is 4.93. The Morgan fingerprint density at radius 2 is 1.65 bits per heavy atom. The van der Waals surface area contributed by atoms with Crippen molar-refractivity contribution in [3.8, 4) is 11.5 Å². The van der Waals surface area contributed by atoms with Gasteiger partial charge in [0, 0.05) is 24.7 Å². The topological polar surface area (TPSA) is 82.5 Å². The molecule has 0 amide bonds. The van der Waals surface area contributed by atoms with Gasteiger partial charge >= 0.3 is 0 Å². The van der Waals surface area contributed by atoms with Gasteiger partial charge < -0.3 is 14.0 Å². The summed E-state index contributed by atoms with van der Waals surface area (Å²) in [5.74, 6) is 1.90. The molecular formula is C26H29N3O4S. The number of rotatable bonds is 10. The number of methoxy groups -OCH3 is 2. The highest BCUT2D eigenvalue weighted by Crippen LogP contribution is 2.30. The predicted molar refractivity (Wildman–Crippen MR) is 134 cm³/mol. The third-order valence-electron chi connectivity index (χ3n) is 5.69. The molecule has 3 aromatic carbocycles. The van der Waals surface area contributed by atoms with Crippen LogP contribution in [0.25, 0.3) is 11.0 Å². The number of ether oxygens (including phenoxy) is 2. The van der Waals surface area contributed by atoms with Gasteiger partial charge in [0.2, 0.25) is 0 Å². The summed E-state index contributed by atoms with van der Waals surface area (Å²) in [5, 5.41) is 0.